The molecule has 6 rings (SSSR count). The van der Waals surface area contributed by atoms with Gasteiger partial charge in [-0.2, -0.15) is 9.46 Å². The van der Waals surface area contributed by atoms with E-state index in [4.69, 9.17) is 9.84 Å². The predicted octanol–water partition coefficient (Wildman–Crippen LogP) is 5.94. The third-order valence-corrected chi connectivity index (χ3v) is 7.07. The predicted molar refractivity (Wildman–Crippen MR) is 152 cm³/mol. The molecule has 0 saturated heterocycles. The number of carbonyl (C=O) groups excluding carboxylic acids is 1. The SMILES string of the molecule is CS(C)(=O)=NC(=O)c1cc(COc2ccc(-c3nn(C4CC4)cc3-c3ccncc3)cc2)nc2ccccc12. The lowest BCUT2D eigenvalue weighted by Gasteiger charge is -2.10. The number of hydrogen-bond donors (Lipinski definition) is 0. The van der Waals surface area contributed by atoms with Gasteiger partial charge in [0.15, 0.2) is 0 Å². The van der Waals surface area contributed by atoms with Crippen LogP contribution >= 0.6 is 0 Å². The van der Waals surface area contributed by atoms with Gasteiger partial charge in [0.05, 0.1) is 22.8 Å². The minimum Gasteiger partial charge on any atom is -0.487 e. The van der Waals surface area contributed by atoms with Crippen molar-refractivity contribution in [1.29, 1.82) is 0 Å². The number of para-hydroxylation sites is 1. The average Bonchev–Trinajstić information content (AvgIpc) is 3.69. The molecule has 8 nitrogen and oxygen atoms in total. The first-order valence-electron chi connectivity index (χ1n) is 12.7. The molecule has 0 N–H and O–H groups in total. The van der Waals surface area contributed by atoms with E-state index in [1.54, 1.807) is 18.5 Å². The fraction of sp³-hybridized carbons (Fsp3) is 0.200. The summed E-state index contributed by atoms with van der Waals surface area (Å²) in [6.45, 7) is 0.163. The van der Waals surface area contributed by atoms with Gasteiger partial charge in [-0.15, -0.1) is 0 Å². The van der Waals surface area contributed by atoms with Gasteiger partial charge in [-0.25, -0.2) is 9.19 Å². The summed E-state index contributed by atoms with van der Waals surface area (Å²) in [5, 5.41) is 5.57. The number of pyridine rings is 2. The third kappa shape index (κ3) is 5.58. The molecule has 1 saturated carbocycles. The highest BCUT2D eigenvalue weighted by atomic mass is 32.2. The minimum absolute atomic E-state index is 0.163. The Labute approximate surface area is 226 Å². The molecule has 0 spiro atoms. The molecule has 0 radical (unpaired) electrons. The number of carbonyl (C=O) groups is 1. The zero-order valence-corrected chi connectivity index (χ0v) is 22.5. The molecule has 5 aromatic rings. The summed E-state index contributed by atoms with van der Waals surface area (Å²) >= 11 is 0. The molecule has 1 fully saturated rings. The van der Waals surface area contributed by atoms with E-state index in [9.17, 15) is 9.00 Å². The fourth-order valence-corrected chi connectivity index (χ4v) is 4.97. The lowest BCUT2D eigenvalue weighted by atomic mass is 10.0. The van der Waals surface area contributed by atoms with Crippen LogP contribution in [0.25, 0.3) is 33.3 Å². The molecule has 196 valence electrons. The number of nitrogens with zero attached hydrogens (tertiary/aromatic N) is 5. The van der Waals surface area contributed by atoms with Crippen molar-refractivity contribution in [1.82, 2.24) is 19.7 Å². The quantitative estimate of drug-likeness (QED) is 0.255. The molecule has 1 aliphatic carbocycles. The summed E-state index contributed by atoms with van der Waals surface area (Å²) in [5.41, 5.74) is 5.67. The zero-order chi connectivity index (χ0) is 27.0. The first kappa shape index (κ1) is 24.9. The second kappa shape index (κ2) is 10.1. The Bertz CT molecular complexity index is 1790. The van der Waals surface area contributed by atoms with Crippen molar-refractivity contribution in [3.8, 4) is 28.1 Å². The lowest BCUT2D eigenvalue weighted by Crippen LogP contribution is -2.06. The molecule has 9 heteroatoms. The molecule has 3 aromatic heterocycles. The van der Waals surface area contributed by atoms with E-state index in [0.717, 1.165) is 35.2 Å². The smallest absolute Gasteiger partial charge is 0.285 e. The van der Waals surface area contributed by atoms with Crippen LogP contribution < -0.4 is 4.74 Å². The number of amides is 1. The molecule has 39 heavy (non-hydrogen) atoms. The van der Waals surface area contributed by atoms with Gasteiger partial charge in [-0.05, 0) is 66.9 Å². The van der Waals surface area contributed by atoms with Gasteiger partial charge in [0.2, 0.25) is 0 Å². The standard InChI is InChI=1S/C30H27N5O3S/c1-39(2,37)34-30(36)26-17-22(32-28-6-4-3-5-25(26)28)19-38-24-11-7-21(8-12-24)29-27(20-13-15-31-16-14-20)18-35(33-29)23-9-10-23/h3-8,11-18,23H,9-10,19H2,1-2H3. The van der Waals surface area contributed by atoms with Crippen LogP contribution in [0.15, 0.2) is 89.7 Å². The van der Waals surface area contributed by atoms with Gasteiger partial charge in [-0.1, -0.05) is 18.2 Å². The lowest BCUT2D eigenvalue weighted by molar-refractivity contribution is 0.101. The maximum absolute atomic E-state index is 12.8. The number of benzene rings is 2. The summed E-state index contributed by atoms with van der Waals surface area (Å²) in [5.74, 6) is 0.147. The number of rotatable bonds is 7. The van der Waals surface area contributed by atoms with Crippen molar-refractivity contribution in [2.45, 2.75) is 25.5 Å². The molecule has 0 atom stereocenters. The Morgan fingerprint density at radius 3 is 2.49 bits per heavy atom. The van der Waals surface area contributed by atoms with E-state index in [1.165, 1.54) is 12.5 Å². The summed E-state index contributed by atoms with van der Waals surface area (Å²) < 4.78 is 24.1. The highest BCUT2D eigenvalue weighted by Gasteiger charge is 2.26. The van der Waals surface area contributed by atoms with Gasteiger partial charge in [0, 0.05) is 57.3 Å². The Kier molecular flexibility index (Phi) is 6.44. The highest BCUT2D eigenvalue weighted by molar-refractivity contribution is 7.92. The topological polar surface area (TPSA) is 99.3 Å². The number of fused-ring (bicyclic) bond motifs is 1. The maximum Gasteiger partial charge on any atom is 0.285 e. The second-order valence-electron chi connectivity index (χ2n) is 9.91. The molecule has 0 bridgehead atoms. The Morgan fingerprint density at radius 1 is 1.03 bits per heavy atom. The maximum atomic E-state index is 12.8. The van der Waals surface area contributed by atoms with Crippen LogP contribution in [-0.4, -0.2) is 42.4 Å². The van der Waals surface area contributed by atoms with Gasteiger partial charge >= 0.3 is 0 Å². The first-order chi connectivity index (χ1) is 18.8. The van der Waals surface area contributed by atoms with Gasteiger partial charge < -0.3 is 4.74 Å². The summed E-state index contributed by atoms with van der Waals surface area (Å²) in [6, 6.07) is 21.3. The molecule has 2 aromatic carbocycles. The summed E-state index contributed by atoms with van der Waals surface area (Å²) in [4.78, 5) is 21.6. The molecule has 0 aliphatic heterocycles. The average molecular weight is 538 g/mol. The summed E-state index contributed by atoms with van der Waals surface area (Å²) in [7, 11) is -2.59. The Balaban J connectivity index is 1.25. The molecule has 3 heterocycles. The normalized spacial score (nSPS) is 13.4. The zero-order valence-electron chi connectivity index (χ0n) is 21.7. The van der Waals surface area contributed by atoms with Gasteiger partial charge in [0.25, 0.3) is 5.91 Å². The molecule has 1 aliphatic rings. The second-order valence-corrected chi connectivity index (χ2v) is 12.5. The van der Waals surface area contributed by atoms with Crippen LogP contribution in [0.1, 0.15) is 34.9 Å². The molecular weight excluding hydrogens is 510 g/mol. The molecular formula is C30H27N5O3S. The number of ether oxygens (including phenoxy) is 1. The van der Waals surface area contributed by atoms with E-state index in [-0.39, 0.29) is 6.61 Å². The van der Waals surface area contributed by atoms with E-state index in [0.29, 0.717) is 34.0 Å². The Morgan fingerprint density at radius 2 is 1.77 bits per heavy atom. The van der Waals surface area contributed by atoms with Crippen molar-refractivity contribution in [2.75, 3.05) is 12.5 Å². The van der Waals surface area contributed by atoms with Crippen molar-refractivity contribution in [3.05, 3.63) is 96.6 Å². The van der Waals surface area contributed by atoms with Crippen LogP contribution in [0.5, 0.6) is 5.75 Å². The Hall–Kier alpha value is -4.37. The monoisotopic (exact) mass is 537 g/mol. The van der Waals surface area contributed by atoms with Crippen LogP contribution in [0.2, 0.25) is 0 Å². The number of hydrogen-bond acceptors (Lipinski definition) is 6. The minimum atomic E-state index is -2.59. The van der Waals surface area contributed by atoms with Crippen LogP contribution in [0.3, 0.4) is 0 Å². The largest absolute Gasteiger partial charge is 0.487 e. The highest BCUT2D eigenvalue weighted by Crippen LogP contribution is 2.39. The van der Waals surface area contributed by atoms with E-state index < -0.39 is 15.6 Å². The first-order valence-corrected chi connectivity index (χ1v) is 15.0. The molecule has 0 unspecified atom stereocenters. The van der Waals surface area contributed by atoms with E-state index in [1.807, 2.05) is 60.7 Å². The van der Waals surface area contributed by atoms with Gasteiger partial charge in [0.1, 0.15) is 18.1 Å². The van der Waals surface area contributed by atoms with Gasteiger partial charge in [-0.3, -0.25) is 14.5 Å². The van der Waals surface area contributed by atoms with E-state index in [2.05, 4.69) is 25.2 Å². The fourth-order valence-electron chi connectivity index (χ4n) is 4.47. The van der Waals surface area contributed by atoms with E-state index >= 15 is 0 Å². The van der Waals surface area contributed by atoms with Crippen molar-refractivity contribution in [3.63, 3.8) is 0 Å². The van der Waals surface area contributed by atoms with Crippen LogP contribution in [0, 0.1) is 0 Å². The van der Waals surface area contributed by atoms with Crippen molar-refractivity contribution in [2.24, 2.45) is 4.36 Å². The van der Waals surface area contributed by atoms with Crippen molar-refractivity contribution >= 4 is 26.5 Å². The number of aromatic nitrogens is 4. The molecule has 1 amide bonds. The van der Waals surface area contributed by atoms with Crippen molar-refractivity contribution < 1.29 is 13.7 Å². The van der Waals surface area contributed by atoms with Crippen LogP contribution in [-0.2, 0) is 16.3 Å². The summed E-state index contributed by atoms with van der Waals surface area (Å²) in [6.07, 6.45) is 10.9. The third-order valence-electron chi connectivity index (χ3n) is 6.46. The van der Waals surface area contributed by atoms with Crippen LogP contribution in [0.4, 0.5) is 0 Å².